The Labute approximate surface area is 226 Å². The first-order valence-electron chi connectivity index (χ1n) is 12.9. The summed E-state index contributed by atoms with van der Waals surface area (Å²) in [7, 11) is 3.29. The highest BCUT2D eigenvalue weighted by Crippen LogP contribution is 2.31. The first-order valence-corrected chi connectivity index (χ1v) is 12.9. The van der Waals surface area contributed by atoms with Gasteiger partial charge in [-0.25, -0.2) is 0 Å². The van der Waals surface area contributed by atoms with Crippen molar-refractivity contribution >= 4 is 0 Å². The fourth-order valence-electron chi connectivity index (χ4n) is 4.66. The highest BCUT2D eigenvalue weighted by atomic mass is 16.5. The molecule has 0 aliphatic rings. The van der Waals surface area contributed by atoms with E-state index in [4.69, 9.17) is 9.47 Å². The lowest BCUT2D eigenvalue weighted by molar-refractivity contribution is 0.0920. The molecule has 4 aromatic carbocycles. The Morgan fingerprint density at radius 2 is 1.37 bits per heavy atom. The molecule has 0 aliphatic heterocycles. The van der Waals surface area contributed by atoms with Crippen molar-refractivity contribution < 1.29 is 14.6 Å². The molecule has 0 aromatic heterocycles. The lowest BCUT2D eigenvalue weighted by Crippen LogP contribution is -2.39. The molecule has 0 spiro atoms. The average Bonchev–Trinajstić information content (AvgIpc) is 2.98. The molecule has 194 valence electrons. The molecule has 0 aliphatic carbocycles. The van der Waals surface area contributed by atoms with Gasteiger partial charge < -0.3 is 14.6 Å². The van der Waals surface area contributed by atoms with Crippen molar-refractivity contribution in [2.45, 2.75) is 31.5 Å². The Kier molecular flexibility index (Phi) is 9.98. The van der Waals surface area contributed by atoms with Crippen molar-refractivity contribution in [2.75, 3.05) is 20.8 Å². The second-order valence-electron chi connectivity index (χ2n) is 9.15. The largest absolute Gasteiger partial charge is 0.493 e. The molecule has 0 saturated carbocycles. The van der Waals surface area contributed by atoms with Crippen LogP contribution in [-0.2, 0) is 13.0 Å². The molecule has 0 saturated heterocycles. The van der Waals surface area contributed by atoms with E-state index in [-0.39, 0.29) is 18.7 Å². The maximum atomic E-state index is 10.7. The molecule has 0 heterocycles. The lowest BCUT2D eigenvalue weighted by atomic mass is 9.98. The van der Waals surface area contributed by atoms with E-state index in [1.807, 2.05) is 72.8 Å². The molecule has 4 aromatic rings. The van der Waals surface area contributed by atoms with Crippen molar-refractivity contribution in [1.29, 1.82) is 0 Å². The maximum absolute atomic E-state index is 10.7. The van der Waals surface area contributed by atoms with Crippen molar-refractivity contribution in [3.63, 3.8) is 0 Å². The van der Waals surface area contributed by atoms with Gasteiger partial charge in [0.15, 0.2) is 11.5 Å². The maximum Gasteiger partial charge on any atom is 0.161 e. The number of ether oxygens (including phenoxy) is 2. The number of aliphatic hydroxyl groups excluding tert-OH is 1. The minimum atomic E-state index is -0.227. The third-order valence-corrected chi connectivity index (χ3v) is 6.68. The highest BCUT2D eigenvalue weighted by molar-refractivity contribution is 5.43. The summed E-state index contributed by atoms with van der Waals surface area (Å²) in [6, 6.07) is 36.4. The lowest BCUT2D eigenvalue weighted by Gasteiger charge is -2.35. The van der Waals surface area contributed by atoms with Crippen LogP contribution in [0.2, 0.25) is 0 Å². The number of nitrogens with zero attached hydrogens (tertiary/aromatic N) is 1. The number of aryl methyl sites for hydroxylation is 1. The topological polar surface area (TPSA) is 41.9 Å². The standard InChI is InChI=1S/C34H35NO3/c1-37-33-23-20-29(24-34(33)38-2)25-35(32(26-36)30-16-10-5-11-17-30)31(21-18-27-12-6-3-7-13-27)22-19-28-14-8-4-9-15-28/h3-17,20,23-24,31-32,36H,18,21,25-26H2,1-2H3/t31?,32-/m0/s1. The number of aliphatic hydroxyl groups is 1. The normalized spacial score (nSPS) is 12.3. The Morgan fingerprint density at radius 3 is 2.00 bits per heavy atom. The molecule has 4 nitrogen and oxygen atoms in total. The SMILES string of the molecule is COc1ccc(CN(C(C#Cc2ccccc2)CCc2ccccc2)[C@@H](CO)c2ccccc2)cc1OC. The number of methoxy groups -OCH3 is 2. The van der Waals surface area contributed by atoms with Crippen LogP contribution in [0.4, 0.5) is 0 Å². The van der Waals surface area contributed by atoms with Crippen LogP contribution in [0.3, 0.4) is 0 Å². The van der Waals surface area contributed by atoms with Crippen molar-refractivity contribution in [3.8, 4) is 23.3 Å². The summed E-state index contributed by atoms with van der Waals surface area (Å²) in [5.41, 5.74) is 4.36. The smallest absolute Gasteiger partial charge is 0.161 e. The summed E-state index contributed by atoms with van der Waals surface area (Å²) in [5.74, 6) is 8.34. The van der Waals surface area contributed by atoms with Gasteiger partial charge in [0.2, 0.25) is 0 Å². The summed E-state index contributed by atoms with van der Waals surface area (Å²) < 4.78 is 11.0. The zero-order chi connectivity index (χ0) is 26.6. The van der Waals surface area contributed by atoms with Crippen LogP contribution in [0.25, 0.3) is 0 Å². The monoisotopic (exact) mass is 505 g/mol. The predicted octanol–water partition coefficient (Wildman–Crippen LogP) is 6.29. The fraction of sp³-hybridized carbons (Fsp3) is 0.235. The molecule has 1 unspecified atom stereocenters. The third kappa shape index (κ3) is 7.26. The second-order valence-corrected chi connectivity index (χ2v) is 9.15. The van der Waals surface area contributed by atoms with E-state index in [2.05, 4.69) is 53.1 Å². The van der Waals surface area contributed by atoms with Gasteiger partial charge in [-0.15, -0.1) is 0 Å². The minimum Gasteiger partial charge on any atom is -0.493 e. The van der Waals surface area contributed by atoms with E-state index in [9.17, 15) is 5.11 Å². The Morgan fingerprint density at radius 1 is 0.737 bits per heavy atom. The van der Waals surface area contributed by atoms with Crippen LogP contribution in [0.1, 0.15) is 34.7 Å². The van der Waals surface area contributed by atoms with Gasteiger partial charge in [0.25, 0.3) is 0 Å². The highest BCUT2D eigenvalue weighted by Gasteiger charge is 2.27. The van der Waals surface area contributed by atoms with Gasteiger partial charge in [-0.1, -0.05) is 96.8 Å². The van der Waals surface area contributed by atoms with Gasteiger partial charge >= 0.3 is 0 Å². The van der Waals surface area contributed by atoms with E-state index >= 15 is 0 Å². The van der Waals surface area contributed by atoms with Gasteiger partial charge in [-0.2, -0.15) is 0 Å². The van der Waals surface area contributed by atoms with Crippen molar-refractivity contribution in [1.82, 2.24) is 4.90 Å². The molecular weight excluding hydrogens is 470 g/mol. The number of benzene rings is 4. The van der Waals surface area contributed by atoms with E-state index in [1.165, 1.54) is 5.56 Å². The van der Waals surface area contributed by atoms with Gasteiger partial charge in [-0.05, 0) is 53.8 Å². The average molecular weight is 506 g/mol. The zero-order valence-corrected chi connectivity index (χ0v) is 22.1. The second kappa shape index (κ2) is 14.0. The quantitative estimate of drug-likeness (QED) is 0.243. The van der Waals surface area contributed by atoms with Crippen LogP contribution in [0, 0.1) is 11.8 Å². The van der Waals surface area contributed by atoms with Crippen LogP contribution in [0.15, 0.2) is 109 Å². The summed E-state index contributed by atoms with van der Waals surface area (Å²) in [6.45, 7) is 0.565. The van der Waals surface area contributed by atoms with Crippen LogP contribution >= 0.6 is 0 Å². The summed E-state index contributed by atoms with van der Waals surface area (Å²) in [4.78, 5) is 2.31. The minimum absolute atomic E-state index is 0.0217. The van der Waals surface area contributed by atoms with E-state index < -0.39 is 0 Å². The molecule has 2 atom stereocenters. The number of hydrogen-bond acceptors (Lipinski definition) is 4. The molecule has 0 radical (unpaired) electrons. The Balaban J connectivity index is 1.75. The first kappa shape index (κ1) is 27.0. The van der Waals surface area contributed by atoms with E-state index in [0.717, 1.165) is 29.5 Å². The van der Waals surface area contributed by atoms with Gasteiger partial charge in [0.05, 0.1) is 32.9 Å². The molecular formula is C34H35NO3. The predicted molar refractivity (Wildman–Crippen MR) is 153 cm³/mol. The Bertz CT molecular complexity index is 1310. The van der Waals surface area contributed by atoms with Crippen LogP contribution in [0.5, 0.6) is 11.5 Å². The molecule has 0 amide bonds. The number of rotatable bonds is 11. The molecule has 4 heteroatoms. The summed E-state index contributed by atoms with van der Waals surface area (Å²) in [6.07, 6.45) is 1.70. The molecule has 0 bridgehead atoms. The van der Waals surface area contributed by atoms with Gasteiger partial charge in [-0.3, -0.25) is 4.90 Å². The van der Waals surface area contributed by atoms with E-state index in [0.29, 0.717) is 18.0 Å². The molecule has 4 rings (SSSR count). The summed E-state index contributed by atoms with van der Waals surface area (Å²) in [5, 5.41) is 10.7. The first-order chi connectivity index (χ1) is 18.7. The molecule has 1 N–H and O–H groups in total. The molecule has 38 heavy (non-hydrogen) atoms. The van der Waals surface area contributed by atoms with Crippen molar-refractivity contribution in [3.05, 3.63) is 131 Å². The molecule has 0 fully saturated rings. The fourth-order valence-corrected chi connectivity index (χ4v) is 4.66. The zero-order valence-electron chi connectivity index (χ0n) is 22.1. The third-order valence-electron chi connectivity index (χ3n) is 6.68. The van der Waals surface area contributed by atoms with Crippen LogP contribution in [-0.4, -0.2) is 36.9 Å². The van der Waals surface area contributed by atoms with Crippen molar-refractivity contribution in [2.24, 2.45) is 0 Å². The Hall–Kier alpha value is -4.04. The van der Waals surface area contributed by atoms with Crippen LogP contribution < -0.4 is 9.47 Å². The summed E-state index contributed by atoms with van der Waals surface area (Å²) >= 11 is 0. The van der Waals surface area contributed by atoms with Gasteiger partial charge in [0, 0.05) is 12.1 Å². The number of hydrogen-bond donors (Lipinski definition) is 1. The van der Waals surface area contributed by atoms with E-state index in [1.54, 1.807) is 14.2 Å². The van der Waals surface area contributed by atoms with Gasteiger partial charge in [0.1, 0.15) is 0 Å².